The van der Waals surface area contributed by atoms with Crippen LogP contribution in [-0.4, -0.2) is 67.8 Å². The average Bonchev–Trinajstić information content (AvgIpc) is 1.69. The van der Waals surface area contributed by atoms with Gasteiger partial charge in [0.05, 0.1) is 22.3 Å². The van der Waals surface area contributed by atoms with E-state index in [2.05, 4.69) is 288 Å². The number of nitrogens with one attached hydrogen (secondary N) is 3. The molecular weight excluding hydrogens is 1050 g/mol. The van der Waals surface area contributed by atoms with E-state index < -0.39 is 5.03 Å². The number of benzene rings is 1. The van der Waals surface area contributed by atoms with Gasteiger partial charge < -0.3 is 31.2 Å². The molecule has 0 saturated carbocycles. The van der Waals surface area contributed by atoms with Gasteiger partial charge in [0.1, 0.15) is 11.0 Å². The summed E-state index contributed by atoms with van der Waals surface area (Å²) >= 11 is 0. The first-order chi connectivity index (χ1) is 40.8. The smallest absolute Gasteiger partial charge is 0.253 e. The highest BCUT2D eigenvalue weighted by molar-refractivity contribution is 6.08. The Hall–Kier alpha value is -12.8. The standard InChI is InChI=1S/C33H43N7O2.C33H4.H3N7O2.19H2/c1-7-8-24-15-23(6)37-33(42)28(24)19-35-32(41)27-16-26(17-30-29(27)20-36-40(30)22(4)5)25-9-10-31(34-18-25)39-13-11-38(12-14-39)21(2)3;1-3-5-7-9-11-13-15-17-19-21-23-25-27-29-31-33-32-30-28-26-24-22-20-18-16-14-12-10-8-6-4-2;1-2-3-4-5-6-7(8)9;;;;;;;;;;;;;;;;;;;/h9-10,15-18,20-22H,7-8,11-14,19H2,1-6H3,(H,35,41)(H,37,42);1H,2H3;(H2,1,3,5)(H,2,4,6);19*1H. The quantitative estimate of drug-likeness (QED) is 0.0345. The van der Waals surface area contributed by atoms with Crippen LogP contribution in [0.15, 0.2) is 68.4 Å². The summed E-state index contributed by atoms with van der Waals surface area (Å²) in [6, 6.07) is 10.8. The molecule has 5 N–H and O–H groups in total. The molecule has 1 aromatic carbocycles. The second kappa shape index (κ2) is 39.5. The molecule has 1 amide bonds. The Labute approximate surface area is 518 Å². The van der Waals surface area contributed by atoms with Crippen LogP contribution in [-0.2, 0) is 13.0 Å². The number of terminal acetylenes is 1. The number of fused-ring (bicyclic) bond motifs is 1. The average molecular weight is 1140 g/mol. The van der Waals surface area contributed by atoms with Crippen LogP contribution in [0.4, 0.5) is 5.82 Å². The lowest BCUT2D eigenvalue weighted by atomic mass is 10.00. The molecule has 1 fully saturated rings. The van der Waals surface area contributed by atoms with E-state index in [1.54, 1.807) is 13.1 Å². The number of hydrogen-bond acceptors (Lipinski definition) is 10. The van der Waals surface area contributed by atoms with Gasteiger partial charge in [-0.3, -0.25) is 19.2 Å². The largest absolute Gasteiger partial charge is 0.354 e. The zero-order chi connectivity index (χ0) is 61.0. The fourth-order valence-electron chi connectivity index (χ4n) is 6.90. The first kappa shape index (κ1) is 65.5. The number of carbonyl (C=O) groups is 1. The zero-order valence-electron chi connectivity index (χ0n) is 46.9. The predicted octanol–water partition coefficient (Wildman–Crippen LogP) is 9.83. The molecule has 5 rings (SSSR count). The topological polar surface area (TPSA) is 230 Å². The van der Waals surface area contributed by atoms with E-state index in [1.807, 2.05) is 29.9 Å². The van der Waals surface area contributed by atoms with Crippen molar-refractivity contribution < 1.29 is 36.9 Å². The molecule has 0 aliphatic carbocycles. The molecule has 1 saturated heterocycles. The van der Waals surface area contributed by atoms with Gasteiger partial charge in [0.15, 0.2) is 5.22 Å². The molecule has 0 atom stereocenters. The van der Waals surface area contributed by atoms with Crippen LogP contribution in [0, 0.1) is 207 Å². The molecule has 0 bridgehead atoms. The second-order valence-corrected chi connectivity index (χ2v) is 16.7. The Kier molecular flexibility index (Phi) is 30.8. The fourth-order valence-corrected chi connectivity index (χ4v) is 6.90. The van der Waals surface area contributed by atoms with E-state index in [9.17, 15) is 19.7 Å². The molecule has 84 heavy (non-hydrogen) atoms. The summed E-state index contributed by atoms with van der Waals surface area (Å²) in [7, 11) is 0. The molecule has 3 aromatic heterocycles. The summed E-state index contributed by atoms with van der Waals surface area (Å²) in [6.07, 6.45) is 10.3. The van der Waals surface area contributed by atoms with Crippen LogP contribution in [0.5, 0.6) is 0 Å². The summed E-state index contributed by atoms with van der Waals surface area (Å²) in [5, 5.41) is 27.7. The van der Waals surface area contributed by atoms with Gasteiger partial charge in [-0.2, -0.15) is 5.10 Å². The molecule has 18 nitrogen and oxygen atoms in total. The van der Waals surface area contributed by atoms with E-state index in [0.717, 1.165) is 78.1 Å². The van der Waals surface area contributed by atoms with Crippen LogP contribution in [0.1, 0.15) is 108 Å². The lowest BCUT2D eigenvalue weighted by Gasteiger charge is -2.37. The monoisotopic (exact) mass is 1140 g/mol. The molecule has 0 unspecified atom stereocenters. The molecule has 1 aliphatic heterocycles. The molecule has 1 aliphatic rings. The number of pyridine rings is 2. The zero-order valence-corrected chi connectivity index (χ0v) is 46.9. The van der Waals surface area contributed by atoms with Gasteiger partial charge in [-0.05, 0) is 184 Å². The number of carbonyl (C=O) groups excluding carboxylic acids is 1. The van der Waals surface area contributed by atoms with Crippen molar-refractivity contribution in [2.24, 2.45) is 26.7 Å². The number of nitrogens with two attached hydrogens (primary N) is 1. The van der Waals surface area contributed by atoms with Crippen molar-refractivity contribution in [3.05, 3.63) is 85.6 Å². The third-order valence-corrected chi connectivity index (χ3v) is 10.4. The van der Waals surface area contributed by atoms with Gasteiger partial charge in [0.25, 0.3) is 11.5 Å². The van der Waals surface area contributed by atoms with Gasteiger partial charge in [0.2, 0.25) is 0 Å². The number of aromatic amines is 1. The first-order valence-electron chi connectivity index (χ1n) is 25.1. The SMILES string of the molecule is C#CC#CC#CC#CC#CC#CC#CC#CC#CC#CC#CC#CC#CC#CC#CC#CC.CCCc1cc(C)[nH]c(=O)c1CNC(=O)c1cc(-c2ccc(N3CCN(C(C)C)CC3)nc2)cc2c1cnn2C(C)C.NN=NN=NN[N+](=O)[O-].[HH].[HH].[HH].[HH].[HH].[HH].[HH].[HH].[HH].[HH].[HH].[HH].[HH].[HH].[HH].[HH].[HH].[HH].[HH]. The van der Waals surface area contributed by atoms with E-state index in [-0.39, 0.29) is 51.2 Å². The highest BCUT2D eigenvalue weighted by Gasteiger charge is 2.21. The Morgan fingerprint density at radius 1 is 0.738 bits per heavy atom. The highest BCUT2D eigenvalue weighted by Crippen LogP contribution is 2.30. The van der Waals surface area contributed by atoms with E-state index in [1.165, 1.54) is 5.53 Å². The number of hydrogen-bond donors (Lipinski definition) is 4. The minimum atomic E-state index is -0.907. The molecule has 4 heterocycles. The van der Waals surface area contributed by atoms with Crippen LogP contribution in [0.3, 0.4) is 0 Å². The number of amides is 1. The second-order valence-electron chi connectivity index (χ2n) is 16.7. The van der Waals surface area contributed by atoms with E-state index >= 15 is 0 Å². The number of anilines is 1. The molecule has 4 aromatic rings. The van der Waals surface area contributed by atoms with Crippen molar-refractivity contribution in [3.63, 3.8) is 0 Å². The van der Waals surface area contributed by atoms with Gasteiger partial charge in [-0.1, -0.05) is 24.5 Å². The maximum Gasteiger partial charge on any atom is 0.253 e. The lowest BCUT2D eigenvalue weighted by molar-refractivity contribution is -0.546. The van der Waals surface area contributed by atoms with Gasteiger partial charge >= 0.3 is 0 Å². The Bertz CT molecular complexity index is 4340. The number of nitro groups is 1. The number of hydrazine groups is 1. The van der Waals surface area contributed by atoms with Crippen LogP contribution >= 0.6 is 0 Å². The number of rotatable bonds is 12. The number of nitrogens with zero attached hydrogens (tertiary/aromatic N) is 10. The van der Waals surface area contributed by atoms with Crippen LogP contribution in [0.2, 0.25) is 0 Å². The van der Waals surface area contributed by atoms with Crippen molar-refractivity contribution in [3.8, 4) is 201 Å². The fraction of sp³-hybridized carbons (Fsp3) is 0.242. The molecular formula is C66H88N14O4. The van der Waals surface area contributed by atoms with Gasteiger partial charge in [-0.15, -0.1) is 6.42 Å². The van der Waals surface area contributed by atoms with Crippen molar-refractivity contribution >= 4 is 22.6 Å². The Morgan fingerprint density at radius 3 is 1.68 bits per heavy atom. The van der Waals surface area contributed by atoms with E-state index in [4.69, 9.17) is 11.4 Å². The van der Waals surface area contributed by atoms with Gasteiger partial charge in [-0.25, -0.2) is 4.98 Å². The highest BCUT2D eigenvalue weighted by atomic mass is 16.7. The normalized spacial score (nSPS) is 9.83. The lowest BCUT2D eigenvalue weighted by Crippen LogP contribution is -2.49. The van der Waals surface area contributed by atoms with Crippen molar-refractivity contribution in [2.45, 2.75) is 79.9 Å². The summed E-state index contributed by atoms with van der Waals surface area (Å²) < 4.78 is 1.94. The molecule has 0 spiro atoms. The maximum absolute atomic E-state index is 13.7. The van der Waals surface area contributed by atoms with Gasteiger partial charge in [0, 0.05) is 194 Å². The third kappa shape index (κ3) is 25.6. The van der Waals surface area contributed by atoms with Crippen molar-refractivity contribution in [2.75, 3.05) is 31.1 Å². The van der Waals surface area contributed by atoms with Crippen LogP contribution < -0.4 is 27.2 Å². The molecule has 18 heteroatoms. The number of H-pyrrole nitrogens is 1. The maximum atomic E-state index is 13.7. The van der Waals surface area contributed by atoms with Crippen molar-refractivity contribution in [1.29, 1.82) is 0 Å². The number of aromatic nitrogens is 4. The Balaban J connectivity index is -0.0000000743. The predicted molar refractivity (Wildman–Crippen MR) is 365 cm³/mol. The Morgan fingerprint density at radius 2 is 1.25 bits per heavy atom. The molecule has 0 radical (unpaired) electrons. The summed E-state index contributed by atoms with van der Waals surface area (Å²) in [4.78, 5) is 48.4. The summed E-state index contributed by atoms with van der Waals surface area (Å²) in [6.45, 7) is 18.4. The summed E-state index contributed by atoms with van der Waals surface area (Å²) in [5.74, 6) is 82.1. The van der Waals surface area contributed by atoms with E-state index in [0.29, 0.717) is 17.2 Å². The number of aryl methyl sites for hydroxylation is 2. The van der Waals surface area contributed by atoms with Crippen molar-refractivity contribution in [1.82, 2.24) is 35.5 Å². The minimum Gasteiger partial charge on any atom is -0.354 e. The first-order valence-corrected chi connectivity index (χ1v) is 25.1. The summed E-state index contributed by atoms with van der Waals surface area (Å²) in [5.41, 5.74) is 6.87. The van der Waals surface area contributed by atoms with Crippen LogP contribution in [0.25, 0.3) is 22.0 Å². The number of piperazine rings is 1. The molecule has 446 valence electrons. The third-order valence-electron chi connectivity index (χ3n) is 10.4. The minimum absolute atomic E-state index is 0.